The molecule has 144 valence electrons. The smallest absolute Gasteiger partial charge is 0.225 e. The second-order valence-corrected chi connectivity index (χ2v) is 7.70. The summed E-state index contributed by atoms with van der Waals surface area (Å²) in [6.07, 6.45) is 8.14. The van der Waals surface area contributed by atoms with Crippen molar-refractivity contribution in [2.45, 2.75) is 58.3 Å². The molecule has 27 heavy (non-hydrogen) atoms. The third kappa shape index (κ3) is 5.06. The maximum atomic E-state index is 12.3. The number of methoxy groups -OCH3 is 1. The zero-order chi connectivity index (χ0) is 19.2. The van der Waals surface area contributed by atoms with Gasteiger partial charge in [0.05, 0.1) is 24.7 Å². The molecule has 0 atom stereocenters. The van der Waals surface area contributed by atoms with E-state index in [2.05, 4.69) is 10.3 Å². The molecule has 5 nitrogen and oxygen atoms in total. The first-order valence-electron chi connectivity index (χ1n) is 9.88. The summed E-state index contributed by atoms with van der Waals surface area (Å²) >= 11 is 0. The quantitative estimate of drug-likeness (QED) is 0.763. The van der Waals surface area contributed by atoms with Crippen molar-refractivity contribution in [1.29, 1.82) is 0 Å². The number of amides is 1. The molecule has 1 aliphatic rings. The molecule has 5 heteroatoms. The van der Waals surface area contributed by atoms with Crippen molar-refractivity contribution in [3.05, 3.63) is 36.2 Å². The Hall–Kier alpha value is -2.43. The molecule has 0 unspecified atom stereocenters. The maximum Gasteiger partial charge on any atom is 0.225 e. The molecule has 2 aromatic rings. The molecule has 0 spiro atoms. The number of hydrogen-bond acceptors (Lipinski definition) is 4. The summed E-state index contributed by atoms with van der Waals surface area (Å²) in [5.74, 6) is 2.13. The number of hydrogen-bond donors (Lipinski definition) is 1. The molecule has 0 saturated heterocycles. The lowest BCUT2D eigenvalue weighted by atomic mass is 9.86. The van der Waals surface area contributed by atoms with E-state index in [1.54, 1.807) is 13.3 Å². The molecule has 1 fully saturated rings. The van der Waals surface area contributed by atoms with Crippen LogP contribution >= 0.6 is 0 Å². The van der Waals surface area contributed by atoms with Gasteiger partial charge in [0.25, 0.3) is 0 Å². The Morgan fingerprint density at radius 2 is 1.89 bits per heavy atom. The van der Waals surface area contributed by atoms with Crippen LogP contribution in [0.1, 0.15) is 64.0 Å². The Morgan fingerprint density at radius 1 is 1.19 bits per heavy atom. The third-order valence-corrected chi connectivity index (χ3v) is 5.03. The van der Waals surface area contributed by atoms with E-state index in [0.29, 0.717) is 24.1 Å². The summed E-state index contributed by atoms with van der Waals surface area (Å²) in [5, 5.41) is 3.00. The van der Waals surface area contributed by atoms with Crippen LogP contribution in [0.4, 0.5) is 5.82 Å². The van der Waals surface area contributed by atoms with Crippen LogP contribution in [-0.4, -0.2) is 23.0 Å². The lowest BCUT2D eigenvalue weighted by Gasteiger charge is -2.23. The van der Waals surface area contributed by atoms with Crippen LogP contribution < -0.4 is 10.1 Å². The fourth-order valence-corrected chi connectivity index (χ4v) is 3.62. The molecule has 0 aliphatic heterocycles. The van der Waals surface area contributed by atoms with Crippen molar-refractivity contribution in [3.63, 3.8) is 0 Å². The van der Waals surface area contributed by atoms with E-state index in [4.69, 9.17) is 9.72 Å². The normalized spacial score (nSPS) is 15.0. The molecule has 0 radical (unpaired) electrons. The zero-order valence-electron chi connectivity index (χ0n) is 16.5. The van der Waals surface area contributed by atoms with Crippen LogP contribution in [0.15, 0.2) is 30.5 Å². The summed E-state index contributed by atoms with van der Waals surface area (Å²) in [4.78, 5) is 21.8. The first-order valence-corrected chi connectivity index (χ1v) is 9.88. The SMILES string of the molecule is COc1ccc(-c2cnc(NC(=O)CC(C)C)c(C3CCCCC3)n2)cc1. The molecule has 1 aromatic heterocycles. The van der Waals surface area contributed by atoms with Crippen LogP contribution in [0, 0.1) is 5.92 Å². The van der Waals surface area contributed by atoms with E-state index >= 15 is 0 Å². The molecule has 1 amide bonds. The van der Waals surface area contributed by atoms with Crippen molar-refractivity contribution >= 4 is 11.7 Å². The van der Waals surface area contributed by atoms with Gasteiger partial charge in [0.2, 0.25) is 5.91 Å². The van der Waals surface area contributed by atoms with E-state index in [1.807, 2.05) is 38.1 Å². The third-order valence-electron chi connectivity index (χ3n) is 5.03. The number of carbonyl (C=O) groups is 1. The molecular formula is C22H29N3O2. The summed E-state index contributed by atoms with van der Waals surface area (Å²) in [5.41, 5.74) is 2.76. The minimum atomic E-state index is 0.00792. The molecule has 1 aromatic carbocycles. The Labute approximate surface area is 161 Å². The minimum Gasteiger partial charge on any atom is -0.497 e. The van der Waals surface area contributed by atoms with Gasteiger partial charge in [-0.1, -0.05) is 33.1 Å². The van der Waals surface area contributed by atoms with Crippen molar-refractivity contribution in [2.75, 3.05) is 12.4 Å². The number of carbonyl (C=O) groups excluding carboxylic acids is 1. The number of anilines is 1. The van der Waals surface area contributed by atoms with E-state index in [-0.39, 0.29) is 5.91 Å². The average molecular weight is 367 g/mol. The molecule has 1 aliphatic carbocycles. The highest BCUT2D eigenvalue weighted by molar-refractivity contribution is 5.90. The number of nitrogens with zero attached hydrogens (tertiary/aromatic N) is 2. The Morgan fingerprint density at radius 3 is 2.52 bits per heavy atom. The number of ether oxygens (including phenoxy) is 1. The van der Waals surface area contributed by atoms with Gasteiger partial charge in [-0.25, -0.2) is 9.97 Å². The minimum absolute atomic E-state index is 0.00792. The van der Waals surface area contributed by atoms with Crippen LogP contribution in [0.5, 0.6) is 5.75 Å². The molecule has 3 rings (SSSR count). The topological polar surface area (TPSA) is 64.1 Å². The standard InChI is InChI=1S/C22H29N3O2/c1-15(2)13-20(26)25-22-21(17-7-5-4-6-8-17)24-19(14-23-22)16-9-11-18(27-3)12-10-16/h9-12,14-15,17H,4-8,13H2,1-3H3,(H,23,25,26). The molecule has 0 bridgehead atoms. The monoisotopic (exact) mass is 367 g/mol. The molecule has 1 heterocycles. The van der Waals surface area contributed by atoms with Gasteiger partial charge in [-0.15, -0.1) is 0 Å². The van der Waals surface area contributed by atoms with Gasteiger partial charge in [0.1, 0.15) is 5.75 Å². The summed E-state index contributed by atoms with van der Waals surface area (Å²) in [6.45, 7) is 4.08. The van der Waals surface area contributed by atoms with Crippen molar-refractivity contribution in [2.24, 2.45) is 5.92 Å². The van der Waals surface area contributed by atoms with Gasteiger partial charge in [0.15, 0.2) is 5.82 Å². The number of benzene rings is 1. The van der Waals surface area contributed by atoms with E-state index in [0.717, 1.165) is 35.5 Å². The molecule has 1 saturated carbocycles. The lowest BCUT2D eigenvalue weighted by Crippen LogP contribution is -2.19. The highest BCUT2D eigenvalue weighted by Gasteiger charge is 2.23. The van der Waals surface area contributed by atoms with Crippen LogP contribution in [0.25, 0.3) is 11.3 Å². The zero-order valence-corrected chi connectivity index (χ0v) is 16.5. The molecule has 1 N–H and O–H groups in total. The van der Waals surface area contributed by atoms with E-state index in [9.17, 15) is 4.79 Å². The Kier molecular flexibility index (Phi) is 6.43. The van der Waals surface area contributed by atoms with Crippen molar-refractivity contribution in [1.82, 2.24) is 9.97 Å². The Balaban J connectivity index is 1.91. The van der Waals surface area contributed by atoms with Gasteiger partial charge < -0.3 is 10.1 Å². The van der Waals surface area contributed by atoms with E-state index < -0.39 is 0 Å². The highest BCUT2D eigenvalue weighted by atomic mass is 16.5. The van der Waals surface area contributed by atoms with Gasteiger partial charge in [0, 0.05) is 17.9 Å². The first kappa shape index (κ1) is 19.3. The number of rotatable bonds is 6. The summed E-state index contributed by atoms with van der Waals surface area (Å²) in [7, 11) is 1.66. The van der Waals surface area contributed by atoms with Crippen molar-refractivity contribution < 1.29 is 9.53 Å². The Bertz CT molecular complexity index is 766. The van der Waals surface area contributed by atoms with Crippen LogP contribution in [0.2, 0.25) is 0 Å². The second-order valence-electron chi connectivity index (χ2n) is 7.70. The predicted molar refractivity (Wildman–Crippen MR) is 108 cm³/mol. The lowest BCUT2D eigenvalue weighted by molar-refractivity contribution is -0.116. The first-order chi connectivity index (χ1) is 13.1. The van der Waals surface area contributed by atoms with Crippen molar-refractivity contribution in [3.8, 4) is 17.0 Å². The molecular weight excluding hydrogens is 338 g/mol. The largest absolute Gasteiger partial charge is 0.497 e. The number of nitrogens with one attached hydrogen (secondary N) is 1. The highest BCUT2D eigenvalue weighted by Crippen LogP contribution is 2.35. The second kappa shape index (κ2) is 8.98. The maximum absolute atomic E-state index is 12.3. The number of aromatic nitrogens is 2. The van der Waals surface area contributed by atoms with Gasteiger partial charge in [-0.3, -0.25) is 4.79 Å². The average Bonchev–Trinajstić information content (AvgIpc) is 2.68. The summed E-state index contributed by atoms with van der Waals surface area (Å²) in [6, 6.07) is 7.83. The fourth-order valence-electron chi connectivity index (χ4n) is 3.62. The van der Waals surface area contributed by atoms with Crippen LogP contribution in [0.3, 0.4) is 0 Å². The summed E-state index contributed by atoms with van der Waals surface area (Å²) < 4.78 is 5.23. The van der Waals surface area contributed by atoms with Gasteiger partial charge in [-0.05, 0) is 43.0 Å². The fraction of sp³-hybridized carbons (Fsp3) is 0.500. The van der Waals surface area contributed by atoms with E-state index in [1.165, 1.54) is 19.3 Å². The van der Waals surface area contributed by atoms with Crippen LogP contribution in [-0.2, 0) is 4.79 Å². The van der Waals surface area contributed by atoms with Gasteiger partial charge in [-0.2, -0.15) is 0 Å². The predicted octanol–water partition coefficient (Wildman–Crippen LogP) is 5.18. The van der Waals surface area contributed by atoms with Gasteiger partial charge >= 0.3 is 0 Å².